The summed E-state index contributed by atoms with van der Waals surface area (Å²) in [6.07, 6.45) is 3.88. The number of anilines is 1. The lowest BCUT2D eigenvalue weighted by Crippen LogP contribution is -2.43. The number of hydrogen-bond donors (Lipinski definition) is 0. The number of aryl methyl sites for hydroxylation is 1. The van der Waals surface area contributed by atoms with Crippen LogP contribution in [-0.4, -0.2) is 28.2 Å². The molecule has 0 fully saturated rings. The Bertz CT molecular complexity index is 1150. The van der Waals surface area contributed by atoms with E-state index in [1.807, 2.05) is 38.1 Å². The highest BCUT2D eigenvalue weighted by molar-refractivity contribution is 5.93. The fraction of sp³-hybridized carbons (Fsp3) is 0.292. The van der Waals surface area contributed by atoms with Crippen molar-refractivity contribution in [3.05, 3.63) is 87.2 Å². The third-order valence-electron chi connectivity index (χ3n) is 5.06. The van der Waals surface area contributed by atoms with Crippen LogP contribution >= 0.6 is 0 Å². The van der Waals surface area contributed by atoms with Crippen LogP contribution in [0.2, 0.25) is 0 Å². The number of carbonyl (C=O) groups is 1. The second-order valence-corrected chi connectivity index (χ2v) is 6.99. The molecule has 31 heavy (non-hydrogen) atoms. The van der Waals surface area contributed by atoms with Crippen LogP contribution in [0.4, 0.5) is 5.69 Å². The highest BCUT2D eigenvalue weighted by Crippen LogP contribution is 2.16. The average molecular weight is 421 g/mol. The number of benzene rings is 2. The Morgan fingerprint density at radius 2 is 1.58 bits per heavy atom. The molecule has 3 aromatic rings. The molecule has 7 heteroatoms. The Morgan fingerprint density at radius 1 is 0.903 bits per heavy atom. The average Bonchev–Trinajstić information content (AvgIpc) is 2.79. The molecule has 0 aliphatic carbocycles. The fourth-order valence-corrected chi connectivity index (χ4v) is 3.35. The molecule has 0 atom stereocenters. The van der Waals surface area contributed by atoms with Gasteiger partial charge in [0.2, 0.25) is 5.91 Å². The van der Waals surface area contributed by atoms with Gasteiger partial charge < -0.3 is 9.64 Å². The normalized spacial score (nSPS) is 10.7. The Labute approximate surface area is 181 Å². The van der Waals surface area contributed by atoms with Crippen molar-refractivity contribution in [1.82, 2.24) is 9.13 Å². The van der Waals surface area contributed by atoms with Crippen molar-refractivity contribution >= 4 is 11.6 Å². The minimum Gasteiger partial charge on any atom is -0.494 e. The zero-order valence-corrected chi connectivity index (χ0v) is 18.1. The van der Waals surface area contributed by atoms with Crippen LogP contribution in [0.5, 0.6) is 5.75 Å². The molecule has 0 radical (unpaired) electrons. The molecule has 0 saturated heterocycles. The maximum absolute atomic E-state index is 12.9. The number of rotatable bonds is 8. The van der Waals surface area contributed by atoms with Gasteiger partial charge >= 0.3 is 11.1 Å². The summed E-state index contributed by atoms with van der Waals surface area (Å²) in [7, 11) is 0. The van der Waals surface area contributed by atoms with Crippen LogP contribution in [0, 0.1) is 0 Å². The lowest BCUT2D eigenvalue weighted by atomic mass is 10.1. The van der Waals surface area contributed by atoms with Gasteiger partial charge in [0.15, 0.2) is 0 Å². The highest BCUT2D eigenvalue weighted by atomic mass is 16.5. The highest BCUT2D eigenvalue weighted by Gasteiger charge is 2.16. The zero-order chi connectivity index (χ0) is 22.4. The Hall–Kier alpha value is -3.61. The predicted octanol–water partition coefficient (Wildman–Crippen LogP) is 3.01. The molecule has 0 saturated carbocycles. The number of carbonyl (C=O) groups excluding carboxylic acids is 1. The second kappa shape index (κ2) is 9.93. The fourth-order valence-electron chi connectivity index (χ4n) is 3.35. The first-order valence-electron chi connectivity index (χ1n) is 10.4. The lowest BCUT2D eigenvalue weighted by molar-refractivity contribution is -0.119. The van der Waals surface area contributed by atoms with Gasteiger partial charge in [-0.2, -0.15) is 0 Å². The van der Waals surface area contributed by atoms with Crippen LogP contribution in [-0.2, 0) is 17.8 Å². The molecule has 0 aliphatic rings. The number of amides is 1. The molecule has 1 amide bonds. The van der Waals surface area contributed by atoms with E-state index >= 15 is 0 Å². The largest absolute Gasteiger partial charge is 0.494 e. The van der Waals surface area contributed by atoms with E-state index in [2.05, 4.69) is 6.92 Å². The van der Waals surface area contributed by atoms with Crippen molar-refractivity contribution in [1.29, 1.82) is 0 Å². The molecule has 1 heterocycles. The van der Waals surface area contributed by atoms with E-state index in [4.69, 9.17) is 4.74 Å². The van der Waals surface area contributed by atoms with Crippen molar-refractivity contribution in [3.63, 3.8) is 0 Å². The smallest absolute Gasteiger partial charge is 0.320 e. The number of aromatic nitrogens is 2. The van der Waals surface area contributed by atoms with Gasteiger partial charge in [-0.25, -0.2) is 0 Å². The van der Waals surface area contributed by atoms with Crippen molar-refractivity contribution in [2.24, 2.45) is 0 Å². The third-order valence-corrected chi connectivity index (χ3v) is 5.06. The van der Waals surface area contributed by atoms with Gasteiger partial charge in [-0.05, 0) is 62.2 Å². The van der Waals surface area contributed by atoms with E-state index in [1.165, 1.54) is 22.5 Å². The van der Waals surface area contributed by atoms with Gasteiger partial charge in [0, 0.05) is 30.3 Å². The first kappa shape index (κ1) is 22.1. The van der Waals surface area contributed by atoms with E-state index in [-0.39, 0.29) is 12.5 Å². The van der Waals surface area contributed by atoms with Crippen LogP contribution < -0.4 is 20.8 Å². The molecule has 1 aromatic heterocycles. The summed E-state index contributed by atoms with van der Waals surface area (Å²) < 4.78 is 7.82. The van der Waals surface area contributed by atoms with E-state index < -0.39 is 11.1 Å². The third kappa shape index (κ3) is 4.94. The van der Waals surface area contributed by atoms with E-state index in [0.717, 1.165) is 16.7 Å². The lowest BCUT2D eigenvalue weighted by Gasteiger charge is -2.22. The molecule has 7 nitrogen and oxygen atoms in total. The SMILES string of the molecule is CCOc1ccc(-n2ccn(CC(=O)N(CC)c3ccc(CC)cc3)c(=O)c2=O)cc1. The second-order valence-electron chi connectivity index (χ2n) is 6.99. The molecule has 162 valence electrons. The minimum absolute atomic E-state index is 0.207. The summed E-state index contributed by atoms with van der Waals surface area (Å²) in [6, 6.07) is 14.7. The summed E-state index contributed by atoms with van der Waals surface area (Å²) >= 11 is 0. The van der Waals surface area contributed by atoms with Crippen LogP contribution in [0.3, 0.4) is 0 Å². The number of ether oxygens (including phenoxy) is 1. The Balaban J connectivity index is 1.83. The van der Waals surface area contributed by atoms with Crippen molar-refractivity contribution in [2.45, 2.75) is 33.7 Å². The molecular weight excluding hydrogens is 394 g/mol. The standard InChI is InChI=1S/C24H27N3O4/c1-4-18-7-9-19(10-8-18)26(5-2)22(28)17-25-15-16-27(24(30)23(25)29)20-11-13-21(14-12-20)31-6-3/h7-16H,4-6,17H2,1-3H3. The summed E-state index contributed by atoms with van der Waals surface area (Å²) in [5.41, 5.74) is 1.04. The minimum atomic E-state index is -0.748. The van der Waals surface area contributed by atoms with Gasteiger partial charge in [-0.15, -0.1) is 0 Å². The van der Waals surface area contributed by atoms with Crippen molar-refractivity contribution < 1.29 is 9.53 Å². The van der Waals surface area contributed by atoms with Gasteiger partial charge in [0.1, 0.15) is 12.3 Å². The molecule has 2 aromatic carbocycles. The van der Waals surface area contributed by atoms with Gasteiger partial charge in [-0.3, -0.25) is 23.5 Å². The maximum atomic E-state index is 12.9. The Morgan fingerprint density at radius 3 is 2.16 bits per heavy atom. The monoisotopic (exact) mass is 421 g/mol. The molecule has 3 rings (SSSR count). The van der Waals surface area contributed by atoms with Crippen molar-refractivity contribution in [2.75, 3.05) is 18.1 Å². The van der Waals surface area contributed by atoms with Gasteiger partial charge in [0.25, 0.3) is 0 Å². The molecule has 0 unspecified atom stereocenters. The first-order valence-corrected chi connectivity index (χ1v) is 10.4. The molecule has 0 spiro atoms. The molecule has 0 aliphatic heterocycles. The van der Waals surface area contributed by atoms with E-state index in [0.29, 0.717) is 24.6 Å². The zero-order valence-electron chi connectivity index (χ0n) is 18.1. The summed E-state index contributed by atoms with van der Waals surface area (Å²) in [5, 5.41) is 0. The summed E-state index contributed by atoms with van der Waals surface area (Å²) in [4.78, 5) is 39.7. The number of hydrogen-bond acceptors (Lipinski definition) is 4. The van der Waals surface area contributed by atoms with Crippen LogP contribution in [0.25, 0.3) is 5.69 Å². The van der Waals surface area contributed by atoms with Crippen molar-refractivity contribution in [3.8, 4) is 11.4 Å². The van der Waals surface area contributed by atoms with Gasteiger partial charge in [0.05, 0.1) is 6.61 Å². The molecule has 0 bridgehead atoms. The Kier molecular flexibility index (Phi) is 7.07. The topological polar surface area (TPSA) is 73.5 Å². The number of nitrogens with zero attached hydrogens (tertiary/aromatic N) is 3. The molecular formula is C24H27N3O4. The van der Waals surface area contributed by atoms with Gasteiger partial charge in [-0.1, -0.05) is 19.1 Å². The summed E-state index contributed by atoms with van der Waals surface area (Å²) in [5.74, 6) is 0.428. The van der Waals surface area contributed by atoms with Crippen LogP contribution in [0.15, 0.2) is 70.5 Å². The summed E-state index contributed by atoms with van der Waals surface area (Å²) in [6.45, 7) is 6.63. The van der Waals surface area contributed by atoms with Crippen LogP contribution in [0.1, 0.15) is 26.3 Å². The predicted molar refractivity (Wildman–Crippen MR) is 121 cm³/mol. The first-order chi connectivity index (χ1) is 15.0. The van der Waals surface area contributed by atoms with E-state index in [9.17, 15) is 14.4 Å². The molecule has 0 N–H and O–H groups in total. The number of likely N-dealkylation sites (N-methyl/N-ethyl adjacent to an activating group) is 1. The quantitative estimate of drug-likeness (QED) is 0.524. The van der Waals surface area contributed by atoms with E-state index in [1.54, 1.807) is 29.2 Å². The maximum Gasteiger partial charge on any atom is 0.320 e.